The van der Waals surface area contributed by atoms with Crippen LogP contribution < -0.4 is 31.4 Å². The highest BCUT2D eigenvalue weighted by Crippen LogP contribution is 2.45. The third-order valence-electron chi connectivity index (χ3n) is 13.1. The number of fused-ring (bicyclic) bond motifs is 4. The van der Waals surface area contributed by atoms with E-state index in [1.54, 1.807) is 0 Å². The van der Waals surface area contributed by atoms with Gasteiger partial charge in [-0.2, -0.15) is 127 Å². The molecular formula is C54H28BF24NO. The quantitative estimate of drug-likeness (QED) is 0.0919. The molecule has 7 aromatic carbocycles. The van der Waals surface area contributed by atoms with Crippen LogP contribution in [0.2, 0.25) is 0 Å². The number of nitrogens with zero attached hydrogens (tertiary/aromatic N) is 1. The summed E-state index contributed by atoms with van der Waals surface area (Å²) in [5.41, 5.74) is -25.2. The van der Waals surface area contributed by atoms with Crippen molar-refractivity contribution in [1.82, 2.24) is 0 Å². The lowest BCUT2D eigenvalue weighted by atomic mass is 9.12. The first-order valence-corrected chi connectivity index (χ1v) is 22.8. The van der Waals surface area contributed by atoms with Gasteiger partial charge >= 0.3 is 49.4 Å². The topological polar surface area (TPSA) is 13.1 Å². The largest absolute Gasteiger partial charge is 0.416 e. The lowest BCUT2D eigenvalue weighted by Gasteiger charge is -2.46. The normalized spacial score (nSPS) is 13.9. The first-order valence-electron chi connectivity index (χ1n) is 22.8. The lowest BCUT2D eigenvalue weighted by molar-refractivity contribution is -0.898. The Bertz CT molecular complexity index is 3180. The van der Waals surface area contributed by atoms with Crippen LogP contribution in [-0.2, 0) is 49.4 Å². The van der Waals surface area contributed by atoms with E-state index in [0.717, 1.165) is 0 Å². The minimum atomic E-state index is -6.13. The average Bonchev–Trinajstić information content (AvgIpc) is 3.88. The van der Waals surface area contributed by atoms with Crippen molar-refractivity contribution in [2.75, 3.05) is 0 Å². The Morgan fingerprint density at radius 2 is 0.543 bits per heavy atom. The second kappa shape index (κ2) is 20.3. The zero-order valence-electron chi connectivity index (χ0n) is 39.7. The Labute approximate surface area is 439 Å². The standard InChI is InChI=1S/C32H12BF24.C22H16NO/c34-25(35,36)13-1-14(26(37,38)39)6-21(5-13)33(22-7-15(27(40,41)42)2-16(8-22)28(43,44)45,23-9-17(29(46,47)48)3-18(10-23)30(49,50)51)24-11-19(31(52,53)54)4-20(12-24)32(55,56)57;1-2-8-17-15-23(14-13-16(17)7-1)24-22-20-11-5-3-9-18(20)19-10-4-6-12-21(19)22/h1-12H;1-15,22H/q-1;+1. The fourth-order valence-corrected chi connectivity index (χ4v) is 9.59. The second-order valence-corrected chi connectivity index (χ2v) is 18.3. The van der Waals surface area contributed by atoms with E-state index in [0.29, 0.717) is 0 Å². The average molecular weight is 1170 g/mol. The number of hydrogen-bond acceptors (Lipinski definition) is 1. The summed E-state index contributed by atoms with van der Waals surface area (Å²) >= 11 is 0. The van der Waals surface area contributed by atoms with Gasteiger partial charge in [0.2, 0.25) is 18.5 Å². The molecule has 8 aromatic rings. The molecule has 0 bridgehead atoms. The number of alkyl halides is 24. The molecule has 0 unspecified atom stereocenters. The number of pyridine rings is 1. The van der Waals surface area contributed by atoms with Crippen molar-refractivity contribution in [3.63, 3.8) is 0 Å². The van der Waals surface area contributed by atoms with Gasteiger partial charge in [-0.3, -0.25) is 4.84 Å². The van der Waals surface area contributed by atoms with E-state index in [1.165, 1.54) is 33.0 Å². The summed E-state index contributed by atoms with van der Waals surface area (Å²) in [4.78, 5) is 6.35. The number of rotatable bonds is 6. The molecule has 1 aliphatic rings. The molecule has 1 aromatic heterocycles. The Balaban J connectivity index is 0.000000292. The molecule has 1 aliphatic carbocycles. The maximum atomic E-state index is 14.2. The Morgan fingerprint density at radius 3 is 0.815 bits per heavy atom. The van der Waals surface area contributed by atoms with Gasteiger partial charge in [0, 0.05) is 21.9 Å². The molecule has 9 rings (SSSR count). The van der Waals surface area contributed by atoms with E-state index in [2.05, 4.69) is 72.8 Å². The zero-order chi connectivity index (χ0) is 59.8. The summed E-state index contributed by atoms with van der Waals surface area (Å²) in [6, 6.07) is 18.6. The van der Waals surface area contributed by atoms with E-state index in [-0.39, 0.29) is 6.10 Å². The maximum absolute atomic E-state index is 14.2. The van der Waals surface area contributed by atoms with Gasteiger partial charge in [-0.15, -0.1) is 0 Å². The van der Waals surface area contributed by atoms with Crippen molar-refractivity contribution in [3.8, 4) is 11.1 Å². The fourth-order valence-electron chi connectivity index (χ4n) is 9.59. The molecule has 0 saturated carbocycles. The van der Waals surface area contributed by atoms with Crippen molar-refractivity contribution in [2.24, 2.45) is 0 Å². The van der Waals surface area contributed by atoms with Gasteiger partial charge in [0.25, 0.3) is 0 Å². The van der Waals surface area contributed by atoms with Crippen molar-refractivity contribution < 1.29 is 115 Å². The van der Waals surface area contributed by atoms with Gasteiger partial charge in [0.15, 0.2) is 0 Å². The summed E-state index contributed by atoms with van der Waals surface area (Å²) in [5, 5.41) is 2.38. The first-order chi connectivity index (χ1) is 37.2. The third-order valence-corrected chi connectivity index (χ3v) is 13.1. The number of halogens is 24. The summed E-state index contributed by atoms with van der Waals surface area (Å²) in [7, 11) is 0. The molecule has 0 saturated heterocycles. The van der Waals surface area contributed by atoms with Crippen LogP contribution in [0, 0.1) is 0 Å². The van der Waals surface area contributed by atoms with Gasteiger partial charge in [0.05, 0.1) is 49.9 Å². The number of benzene rings is 7. The minimum Gasteiger partial charge on any atom is -0.258 e. The van der Waals surface area contributed by atoms with E-state index >= 15 is 0 Å². The maximum Gasteiger partial charge on any atom is 0.416 e. The van der Waals surface area contributed by atoms with E-state index < -0.39 is 195 Å². The smallest absolute Gasteiger partial charge is 0.258 e. The van der Waals surface area contributed by atoms with Crippen molar-refractivity contribution in [1.29, 1.82) is 0 Å². The van der Waals surface area contributed by atoms with Gasteiger partial charge < -0.3 is 0 Å². The van der Waals surface area contributed by atoms with E-state index in [9.17, 15) is 105 Å². The highest BCUT2D eigenvalue weighted by atomic mass is 19.4. The molecular weight excluding hydrogens is 1150 g/mol. The lowest BCUT2D eigenvalue weighted by Crippen LogP contribution is -2.75. The first kappa shape index (κ1) is 59.3. The van der Waals surface area contributed by atoms with Crippen LogP contribution in [0.4, 0.5) is 105 Å². The SMILES string of the molecule is FC(F)(F)c1cc([B-](c2cc(C(F)(F)F)cc(C(F)(F)F)c2)(c2cc(C(F)(F)F)cc(C(F)(F)F)c2)c2cc(C(F)(F)F)cc(C(F)(F)F)c2)cc(C(F)(F)F)c1.c1ccc2c(c1)-c1ccccc1C2O[n+]1ccc2ccccc2c1. The van der Waals surface area contributed by atoms with Crippen LogP contribution in [0.1, 0.15) is 61.7 Å². The molecule has 0 atom stereocenters. The van der Waals surface area contributed by atoms with Crippen LogP contribution in [0.5, 0.6) is 0 Å². The van der Waals surface area contributed by atoms with Gasteiger partial charge in [0.1, 0.15) is 6.15 Å². The summed E-state index contributed by atoms with van der Waals surface area (Å²) < 4.78 is 343. The molecule has 27 heteroatoms. The van der Waals surface area contributed by atoms with Crippen molar-refractivity contribution >= 4 is 38.8 Å². The van der Waals surface area contributed by atoms with E-state index in [1.807, 2.05) is 23.2 Å². The van der Waals surface area contributed by atoms with Crippen LogP contribution in [0.3, 0.4) is 0 Å². The molecule has 0 amide bonds. The minimum absolute atomic E-state index is 0.0800. The monoisotopic (exact) mass is 1170 g/mol. The van der Waals surface area contributed by atoms with Crippen LogP contribution >= 0.6 is 0 Å². The van der Waals surface area contributed by atoms with Crippen LogP contribution in [-0.4, -0.2) is 6.15 Å². The van der Waals surface area contributed by atoms with Crippen molar-refractivity contribution in [3.05, 3.63) is 220 Å². The van der Waals surface area contributed by atoms with Gasteiger partial charge in [-0.05, 0) is 46.8 Å². The van der Waals surface area contributed by atoms with Gasteiger partial charge in [-0.1, -0.05) is 115 Å². The predicted molar refractivity (Wildman–Crippen MR) is 245 cm³/mol. The zero-order valence-corrected chi connectivity index (χ0v) is 39.7. The number of aromatic nitrogens is 1. The summed E-state index contributed by atoms with van der Waals surface area (Å²) in [6.45, 7) is 0. The van der Waals surface area contributed by atoms with Gasteiger partial charge in [-0.25, -0.2) is 0 Å². The van der Waals surface area contributed by atoms with E-state index in [4.69, 9.17) is 4.84 Å². The van der Waals surface area contributed by atoms with Crippen LogP contribution in [0.25, 0.3) is 21.9 Å². The molecule has 426 valence electrons. The number of hydrogen-bond donors (Lipinski definition) is 0. The Kier molecular flexibility index (Phi) is 14.8. The molecule has 0 spiro atoms. The molecule has 0 aliphatic heterocycles. The second-order valence-electron chi connectivity index (χ2n) is 18.3. The van der Waals surface area contributed by atoms with Crippen LogP contribution in [0.15, 0.2) is 164 Å². The predicted octanol–water partition coefficient (Wildman–Crippen LogP) is 15.5. The Morgan fingerprint density at radius 1 is 0.296 bits per heavy atom. The molecule has 0 N–H and O–H groups in total. The molecule has 1 heterocycles. The molecule has 2 nitrogen and oxygen atoms in total. The third kappa shape index (κ3) is 12.3. The van der Waals surface area contributed by atoms with Crippen molar-refractivity contribution in [2.45, 2.75) is 55.5 Å². The molecule has 0 fully saturated rings. The Hall–Kier alpha value is -7.87. The fraction of sp³-hybridized carbons (Fsp3) is 0.167. The molecule has 0 radical (unpaired) electrons. The highest BCUT2D eigenvalue weighted by molar-refractivity contribution is 7.20. The highest BCUT2D eigenvalue weighted by Gasteiger charge is 2.47. The summed E-state index contributed by atoms with van der Waals surface area (Å²) in [5.74, 6) is 0. The summed E-state index contributed by atoms with van der Waals surface area (Å²) in [6.07, 6.45) is -50.9. The molecule has 81 heavy (non-hydrogen) atoms.